The SMILES string of the molecule is CC(=O)Nc1cccc(C(C)NC(C)C(=O)Nc2ccccc2Br)c1. The van der Waals surface area contributed by atoms with Crippen molar-refractivity contribution < 1.29 is 9.59 Å². The molecular weight excluding hydrogens is 382 g/mol. The summed E-state index contributed by atoms with van der Waals surface area (Å²) in [5.41, 5.74) is 2.47. The molecule has 0 radical (unpaired) electrons. The number of para-hydroxylation sites is 1. The predicted octanol–water partition coefficient (Wildman–Crippen LogP) is 4.09. The lowest BCUT2D eigenvalue weighted by atomic mass is 10.1. The zero-order valence-electron chi connectivity index (χ0n) is 14.5. The van der Waals surface area contributed by atoms with E-state index in [-0.39, 0.29) is 23.9 Å². The van der Waals surface area contributed by atoms with Crippen LogP contribution in [0.25, 0.3) is 0 Å². The number of amides is 2. The first-order valence-corrected chi connectivity index (χ1v) is 8.85. The van der Waals surface area contributed by atoms with E-state index in [0.29, 0.717) is 0 Å². The summed E-state index contributed by atoms with van der Waals surface area (Å²) in [6.07, 6.45) is 0. The summed E-state index contributed by atoms with van der Waals surface area (Å²) in [6, 6.07) is 14.6. The van der Waals surface area contributed by atoms with E-state index in [1.807, 2.05) is 62.4 Å². The van der Waals surface area contributed by atoms with Crippen molar-refractivity contribution in [1.82, 2.24) is 5.32 Å². The van der Waals surface area contributed by atoms with E-state index in [1.54, 1.807) is 0 Å². The van der Waals surface area contributed by atoms with Gasteiger partial charge in [-0.1, -0.05) is 24.3 Å². The van der Waals surface area contributed by atoms with Crippen LogP contribution in [0.3, 0.4) is 0 Å². The Morgan fingerprint density at radius 1 is 1.00 bits per heavy atom. The normalized spacial score (nSPS) is 13.0. The first-order chi connectivity index (χ1) is 11.9. The molecule has 2 amide bonds. The number of hydrogen-bond donors (Lipinski definition) is 3. The van der Waals surface area contributed by atoms with Gasteiger partial charge in [-0.2, -0.15) is 0 Å². The molecule has 132 valence electrons. The lowest BCUT2D eigenvalue weighted by Crippen LogP contribution is -2.39. The van der Waals surface area contributed by atoms with E-state index < -0.39 is 0 Å². The second-order valence-electron chi connectivity index (χ2n) is 5.89. The molecule has 0 bridgehead atoms. The van der Waals surface area contributed by atoms with Crippen LogP contribution in [0.4, 0.5) is 11.4 Å². The van der Waals surface area contributed by atoms with Crippen LogP contribution in [0.5, 0.6) is 0 Å². The molecule has 2 unspecified atom stereocenters. The number of hydrogen-bond acceptors (Lipinski definition) is 3. The van der Waals surface area contributed by atoms with Crippen LogP contribution >= 0.6 is 15.9 Å². The average molecular weight is 404 g/mol. The molecule has 0 aromatic heterocycles. The van der Waals surface area contributed by atoms with Crippen molar-refractivity contribution in [2.24, 2.45) is 0 Å². The van der Waals surface area contributed by atoms with E-state index in [9.17, 15) is 9.59 Å². The third-order valence-electron chi connectivity index (χ3n) is 3.73. The number of halogens is 1. The monoisotopic (exact) mass is 403 g/mol. The summed E-state index contributed by atoms with van der Waals surface area (Å²) in [5, 5.41) is 8.94. The van der Waals surface area contributed by atoms with Crippen molar-refractivity contribution in [2.45, 2.75) is 32.9 Å². The van der Waals surface area contributed by atoms with Gasteiger partial charge in [0.2, 0.25) is 11.8 Å². The first kappa shape index (κ1) is 19.1. The molecule has 2 atom stereocenters. The Labute approximate surface area is 156 Å². The summed E-state index contributed by atoms with van der Waals surface area (Å²) in [5.74, 6) is -0.226. The van der Waals surface area contributed by atoms with Crippen molar-refractivity contribution in [3.05, 3.63) is 58.6 Å². The highest BCUT2D eigenvalue weighted by atomic mass is 79.9. The molecule has 0 aliphatic rings. The van der Waals surface area contributed by atoms with Crippen molar-refractivity contribution in [3.63, 3.8) is 0 Å². The van der Waals surface area contributed by atoms with Gasteiger partial charge >= 0.3 is 0 Å². The molecule has 25 heavy (non-hydrogen) atoms. The molecule has 0 aliphatic heterocycles. The minimum atomic E-state index is -0.383. The number of anilines is 2. The van der Waals surface area contributed by atoms with Crippen LogP contribution < -0.4 is 16.0 Å². The maximum atomic E-state index is 12.4. The molecular formula is C19H22BrN3O2. The van der Waals surface area contributed by atoms with E-state index in [1.165, 1.54) is 6.92 Å². The second kappa shape index (κ2) is 8.78. The first-order valence-electron chi connectivity index (χ1n) is 8.06. The second-order valence-corrected chi connectivity index (χ2v) is 6.74. The Morgan fingerprint density at radius 2 is 1.72 bits per heavy atom. The van der Waals surface area contributed by atoms with Crippen LogP contribution in [0, 0.1) is 0 Å². The molecule has 0 saturated carbocycles. The zero-order valence-corrected chi connectivity index (χ0v) is 16.1. The molecule has 0 spiro atoms. The Kier molecular flexibility index (Phi) is 6.73. The van der Waals surface area contributed by atoms with Crippen LogP contribution in [-0.4, -0.2) is 17.9 Å². The van der Waals surface area contributed by atoms with E-state index in [0.717, 1.165) is 21.4 Å². The van der Waals surface area contributed by atoms with Gasteiger partial charge in [0.25, 0.3) is 0 Å². The lowest BCUT2D eigenvalue weighted by Gasteiger charge is -2.21. The summed E-state index contributed by atoms with van der Waals surface area (Å²) < 4.78 is 0.839. The van der Waals surface area contributed by atoms with Crippen LogP contribution in [-0.2, 0) is 9.59 Å². The number of rotatable bonds is 6. The quantitative estimate of drug-likeness (QED) is 0.680. The highest BCUT2D eigenvalue weighted by Crippen LogP contribution is 2.22. The van der Waals surface area contributed by atoms with Crippen molar-refractivity contribution in [1.29, 1.82) is 0 Å². The highest BCUT2D eigenvalue weighted by molar-refractivity contribution is 9.10. The molecule has 2 aromatic carbocycles. The highest BCUT2D eigenvalue weighted by Gasteiger charge is 2.17. The topological polar surface area (TPSA) is 70.2 Å². The molecule has 0 saturated heterocycles. The van der Waals surface area contributed by atoms with E-state index in [2.05, 4.69) is 31.9 Å². The molecule has 2 aromatic rings. The Morgan fingerprint density at radius 3 is 2.40 bits per heavy atom. The van der Waals surface area contributed by atoms with Gasteiger partial charge in [-0.3, -0.25) is 14.9 Å². The van der Waals surface area contributed by atoms with E-state index >= 15 is 0 Å². The van der Waals surface area contributed by atoms with Gasteiger partial charge in [0.15, 0.2) is 0 Å². The molecule has 5 nitrogen and oxygen atoms in total. The third-order valence-corrected chi connectivity index (χ3v) is 4.42. The molecule has 6 heteroatoms. The number of carbonyl (C=O) groups excluding carboxylic acids is 2. The summed E-state index contributed by atoms with van der Waals surface area (Å²) in [4.78, 5) is 23.6. The fourth-order valence-electron chi connectivity index (χ4n) is 2.44. The number of carbonyl (C=O) groups is 2. The van der Waals surface area contributed by atoms with Gasteiger partial charge < -0.3 is 10.6 Å². The summed E-state index contributed by atoms with van der Waals surface area (Å²) in [6.45, 7) is 5.28. The zero-order chi connectivity index (χ0) is 18.4. The standard InChI is InChI=1S/C19H22BrN3O2/c1-12(15-7-6-8-16(11-15)22-14(3)24)21-13(2)19(25)23-18-10-5-4-9-17(18)20/h4-13,21H,1-3H3,(H,22,24)(H,23,25). The van der Waals surface area contributed by atoms with Crippen molar-refractivity contribution >= 4 is 39.1 Å². The Hall–Kier alpha value is -2.18. The lowest BCUT2D eigenvalue weighted by molar-refractivity contribution is -0.118. The number of nitrogens with one attached hydrogen (secondary N) is 3. The van der Waals surface area contributed by atoms with Crippen LogP contribution in [0.1, 0.15) is 32.4 Å². The Balaban J connectivity index is 1.99. The average Bonchev–Trinajstić information content (AvgIpc) is 2.56. The minimum absolute atomic E-state index is 0.0475. The van der Waals surface area contributed by atoms with Gasteiger partial charge in [0, 0.05) is 23.1 Å². The molecule has 3 N–H and O–H groups in total. The van der Waals surface area contributed by atoms with Gasteiger partial charge in [-0.05, 0) is 59.6 Å². The predicted molar refractivity (Wildman–Crippen MR) is 105 cm³/mol. The fourth-order valence-corrected chi connectivity index (χ4v) is 2.82. The van der Waals surface area contributed by atoms with Gasteiger partial charge in [-0.25, -0.2) is 0 Å². The third kappa shape index (κ3) is 5.69. The Bertz CT molecular complexity index is 764. The molecule has 0 fully saturated rings. The maximum absolute atomic E-state index is 12.4. The van der Waals surface area contributed by atoms with Crippen molar-refractivity contribution in [3.8, 4) is 0 Å². The molecule has 2 rings (SSSR count). The van der Waals surface area contributed by atoms with Gasteiger partial charge in [0.05, 0.1) is 11.7 Å². The van der Waals surface area contributed by atoms with Crippen molar-refractivity contribution in [2.75, 3.05) is 10.6 Å². The fraction of sp³-hybridized carbons (Fsp3) is 0.263. The number of benzene rings is 2. The molecule has 0 heterocycles. The van der Waals surface area contributed by atoms with E-state index in [4.69, 9.17) is 0 Å². The minimum Gasteiger partial charge on any atom is -0.326 e. The summed E-state index contributed by atoms with van der Waals surface area (Å²) in [7, 11) is 0. The van der Waals surface area contributed by atoms with Crippen LogP contribution in [0.2, 0.25) is 0 Å². The summed E-state index contributed by atoms with van der Waals surface area (Å²) >= 11 is 3.42. The van der Waals surface area contributed by atoms with Gasteiger partial charge in [0.1, 0.15) is 0 Å². The smallest absolute Gasteiger partial charge is 0.241 e. The maximum Gasteiger partial charge on any atom is 0.241 e. The van der Waals surface area contributed by atoms with Crippen LogP contribution in [0.15, 0.2) is 53.0 Å². The molecule has 0 aliphatic carbocycles. The largest absolute Gasteiger partial charge is 0.326 e. The van der Waals surface area contributed by atoms with Gasteiger partial charge in [-0.15, -0.1) is 0 Å².